The summed E-state index contributed by atoms with van der Waals surface area (Å²) in [5, 5.41) is 0. The lowest BCUT2D eigenvalue weighted by Gasteiger charge is -2.38. The molecule has 0 aromatic carbocycles. The molecule has 3 aromatic rings. The number of aromatic nitrogens is 4. The first-order valence-electron chi connectivity index (χ1n) is 22.8. The van der Waals surface area contributed by atoms with E-state index in [1.807, 2.05) is 0 Å². The zero-order chi connectivity index (χ0) is 42.4. The summed E-state index contributed by atoms with van der Waals surface area (Å²) < 4.78 is 0. The normalized spacial score (nSPS) is 13.0. The van der Waals surface area contributed by atoms with Gasteiger partial charge in [-0.25, -0.2) is 9.97 Å². The van der Waals surface area contributed by atoms with Gasteiger partial charge in [-0.05, 0) is 107 Å². The van der Waals surface area contributed by atoms with Crippen LogP contribution in [0, 0.1) is 22.9 Å². The zero-order valence-electron chi connectivity index (χ0n) is 38.6. The maximum absolute atomic E-state index is 5.46. The van der Waals surface area contributed by atoms with Crippen LogP contribution in [0.1, 0.15) is 180 Å². The molecule has 0 fully saturated rings. The molecule has 3 aromatic heterocycles. The average molecular weight is 811 g/mol. The Morgan fingerprint density at radius 3 is 1.12 bits per heavy atom. The largest absolute Gasteiger partial charge is 0.354 e. The molecule has 2 aliphatic heterocycles. The third kappa shape index (κ3) is 9.15. The van der Waals surface area contributed by atoms with Gasteiger partial charge in [-0.3, -0.25) is 0 Å². The maximum Gasteiger partial charge on any atom is 0.146 e. The van der Waals surface area contributed by atoms with E-state index in [0.29, 0.717) is 33.2 Å². The molecular weight excluding hydrogens is 737 g/mol. The van der Waals surface area contributed by atoms with Gasteiger partial charge in [0.05, 0.1) is 44.9 Å². The van der Waals surface area contributed by atoms with Crippen LogP contribution in [0.2, 0.25) is 33.2 Å². The van der Waals surface area contributed by atoms with Gasteiger partial charge >= 0.3 is 0 Å². The molecule has 4 nitrogen and oxygen atoms in total. The molecule has 2 N–H and O–H groups in total. The monoisotopic (exact) mass is 811 g/mol. The van der Waals surface area contributed by atoms with Crippen molar-refractivity contribution >= 4 is 62.5 Å². The molecule has 58 heavy (non-hydrogen) atoms. The van der Waals surface area contributed by atoms with Gasteiger partial charge < -0.3 is 9.97 Å². The smallest absolute Gasteiger partial charge is 0.146 e. The van der Waals surface area contributed by atoms with Crippen molar-refractivity contribution in [1.82, 2.24) is 19.9 Å². The van der Waals surface area contributed by atoms with Crippen molar-refractivity contribution in [3.63, 3.8) is 0 Å². The lowest BCUT2D eigenvalue weighted by atomic mass is 10.1. The van der Waals surface area contributed by atoms with Gasteiger partial charge in [0.25, 0.3) is 0 Å². The summed E-state index contributed by atoms with van der Waals surface area (Å²) in [5.41, 5.74) is 24.0. The number of H-pyrrole nitrogens is 2. The summed E-state index contributed by atoms with van der Waals surface area (Å²) >= 11 is 0. The Bertz CT molecular complexity index is 2120. The molecule has 8 bridgehead atoms. The SMILES string of the molecule is CCCCCc1c2nc(c(C#C[Si](C(C)C)(C(C)C)C(C)C)c3nc(c(CCCCC)c4ccc([nH]4)c(C#C[Si](C(C)C)(C(C)C)C(C)C)c4ccc1[nH]4)C=C3)C=C2. The minimum absolute atomic E-state index is 0.533. The van der Waals surface area contributed by atoms with E-state index >= 15 is 0 Å². The van der Waals surface area contributed by atoms with Crippen LogP contribution in [0.15, 0.2) is 24.3 Å². The Hall–Kier alpha value is -3.85. The van der Waals surface area contributed by atoms with Crippen molar-refractivity contribution in [2.75, 3.05) is 0 Å². The Balaban J connectivity index is 1.97. The lowest BCUT2D eigenvalue weighted by molar-refractivity contribution is 0.717. The Kier molecular flexibility index (Phi) is 15.2. The molecule has 310 valence electrons. The highest BCUT2D eigenvalue weighted by Crippen LogP contribution is 2.42. The van der Waals surface area contributed by atoms with Crippen LogP contribution < -0.4 is 0 Å². The van der Waals surface area contributed by atoms with E-state index in [4.69, 9.17) is 9.97 Å². The molecule has 0 radical (unpaired) electrons. The van der Waals surface area contributed by atoms with E-state index in [0.717, 1.165) is 81.7 Å². The average Bonchev–Trinajstić information content (AvgIpc) is 4.00. The fourth-order valence-corrected chi connectivity index (χ4v) is 20.8. The van der Waals surface area contributed by atoms with Crippen molar-refractivity contribution in [2.45, 2.75) is 182 Å². The van der Waals surface area contributed by atoms with Gasteiger partial charge in [0.1, 0.15) is 16.1 Å². The first-order valence-corrected chi connectivity index (χ1v) is 27.3. The van der Waals surface area contributed by atoms with E-state index in [1.165, 1.54) is 36.8 Å². The molecule has 0 saturated carbocycles. The number of aryl methyl sites for hydroxylation is 2. The molecule has 0 unspecified atom stereocenters. The molecule has 0 amide bonds. The van der Waals surface area contributed by atoms with Gasteiger partial charge in [0, 0.05) is 22.2 Å². The molecule has 0 aliphatic carbocycles. The van der Waals surface area contributed by atoms with Crippen LogP contribution in [0.3, 0.4) is 0 Å². The number of nitrogens with zero attached hydrogens (tertiary/aromatic N) is 2. The van der Waals surface area contributed by atoms with E-state index in [2.05, 4.69) is 178 Å². The lowest BCUT2D eigenvalue weighted by Crippen LogP contribution is -2.43. The number of nitrogens with one attached hydrogen (secondary N) is 2. The number of hydrogen-bond acceptors (Lipinski definition) is 2. The van der Waals surface area contributed by atoms with Gasteiger partial charge in [-0.15, -0.1) is 11.1 Å². The van der Waals surface area contributed by atoms with Crippen molar-refractivity contribution in [2.24, 2.45) is 0 Å². The van der Waals surface area contributed by atoms with E-state index in [1.54, 1.807) is 0 Å². The van der Waals surface area contributed by atoms with Crippen LogP contribution in [-0.2, 0) is 12.8 Å². The summed E-state index contributed by atoms with van der Waals surface area (Å²) in [6.45, 7) is 33.2. The molecule has 0 atom stereocenters. The van der Waals surface area contributed by atoms with Gasteiger partial charge in [-0.1, -0.05) is 134 Å². The quantitative estimate of drug-likeness (QED) is 0.0667. The van der Waals surface area contributed by atoms with Crippen molar-refractivity contribution in [3.05, 3.63) is 69.3 Å². The van der Waals surface area contributed by atoms with Crippen LogP contribution in [-0.4, -0.2) is 36.1 Å². The number of aromatic amines is 2. The highest BCUT2D eigenvalue weighted by Gasteiger charge is 2.42. The fourth-order valence-electron chi connectivity index (χ4n) is 10.4. The number of hydrogen-bond donors (Lipinski definition) is 2. The zero-order valence-corrected chi connectivity index (χ0v) is 40.6. The van der Waals surface area contributed by atoms with E-state index < -0.39 is 16.1 Å². The molecule has 5 heterocycles. The topological polar surface area (TPSA) is 57.4 Å². The highest BCUT2D eigenvalue weighted by atomic mass is 28.3. The molecule has 5 rings (SSSR count). The minimum Gasteiger partial charge on any atom is -0.354 e. The Morgan fingerprint density at radius 1 is 0.448 bits per heavy atom. The summed E-state index contributed by atoms with van der Waals surface area (Å²) in [6.07, 6.45) is 17.6. The summed E-state index contributed by atoms with van der Waals surface area (Å²) in [6, 6.07) is 9.02. The van der Waals surface area contributed by atoms with Crippen molar-refractivity contribution in [3.8, 4) is 22.9 Å². The molecule has 0 spiro atoms. The second kappa shape index (κ2) is 19.5. The predicted molar refractivity (Wildman–Crippen MR) is 261 cm³/mol. The fraction of sp³-hybridized carbons (Fsp3) is 0.538. The first kappa shape index (κ1) is 45.2. The third-order valence-electron chi connectivity index (χ3n) is 13.6. The maximum atomic E-state index is 5.46. The Labute approximate surface area is 354 Å². The highest BCUT2D eigenvalue weighted by molar-refractivity contribution is 6.91. The minimum atomic E-state index is -2.03. The van der Waals surface area contributed by atoms with Crippen LogP contribution >= 0.6 is 0 Å². The van der Waals surface area contributed by atoms with Gasteiger partial charge in [-0.2, -0.15) is 0 Å². The molecular formula is C52H74N4Si2. The van der Waals surface area contributed by atoms with E-state index in [-0.39, 0.29) is 0 Å². The van der Waals surface area contributed by atoms with Gasteiger partial charge in [0.15, 0.2) is 0 Å². The standard InChI is InChI=1S/C52H74N4Si2/c1-15-17-19-21-41-45-23-27-49(53-45)43(31-33-57(35(3)4,36(5)6)37(7)8)51-29-25-47(55-51)42(22-20-18-16-2)48-26-30-52(56-48)44(50-28-24-46(41)54-50)32-34-58(38(9)10,39(11)12)40(13)14/h23-30,35-40,53,55H,15-22H2,1-14H3. The summed E-state index contributed by atoms with van der Waals surface area (Å²) in [7, 11) is -4.04. The predicted octanol–water partition coefficient (Wildman–Crippen LogP) is 15.3. The Morgan fingerprint density at radius 2 is 0.776 bits per heavy atom. The van der Waals surface area contributed by atoms with Crippen molar-refractivity contribution in [1.29, 1.82) is 0 Å². The van der Waals surface area contributed by atoms with Crippen LogP contribution in [0.25, 0.3) is 46.4 Å². The summed E-state index contributed by atoms with van der Waals surface area (Å²) in [4.78, 5) is 18.8. The number of fused-ring (bicyclic) bond motifs is 8. The molecule has 0 saturated heterocycles. The van der Waals surface area contributed by atoms with Crippen molar-refractivity contribution < 1.29 is 0 Å². The number of unbranched alkanes of at least 4 members (excludes halogenated alkanes) is 4. The number of rotatable bonds is 14. The van der Waals surface area contributed by atoms with E-state index in [9.17, 15) is 0 Å². The van der Waals surface area contributed by atoms with Crippen LogP contribution in [0.5, 0.6) is 0 Å². The third-order valence-corrected chi connectivity index (χ3v) is 26.2. The molecule has 2 aliphatic rings. The molecule has 6 heteroatoms. The second-order valence-corrected chi connectivity index (χ2v) is 30.1. The summed E-state index contributed by atoms with van der Waals surface area (Å²) in [5.74, 6) is 7.73. The van der Waals surface area contributed by atoms with Crippen LogP contribution in [0.4, 0.5) is 0 Å². The second-order valence-electron chi connectivity index (χ2n) is 18.9. The van der Waals surface area contributed by atoms with Gasteiger partial charge in [0.2, 0.25) is 0 Å². The first-order chi connectivity index (χ1) is 27.6.